The maximum absolute atomic E-state index is 12.4. The Labute approximate surface area is 161 Å². The first-order valence-corrected chi connectivity index (χ1v) is 8.84. The zero-order valence-electron chi connectivity index (χ0n) is 15.0. The first-order chi connectivity index (χ1) is 13.7. The zero-order valence-corrected chi connectivity index (χ0v) is 15.0. The average molecular weight is 377 g/mol. The molecule has 8 nitrogen and oxygen atoms in total. The van der Waals surface area contributed by atoms with Crippen LogP contribution in [0.3, 0.4) is 0 Å². The summed E-state index contributed by atoms with van der Waals surface area (Å²) < 4.78 is 5.44. The van der Waals surface area contributed by atoms with Crippen LogP contribution in [0.25, 0.3) is 0 Å². The van der Waals surface area contributed by atoms with Gasteiger partial charge in [-0.3, -0.25) is 9.89 Å². The van der Waals surface area contributed by atoms with E-state index in [0.717, 1.165) is 16.9 Å². The maximum Gasteiger partial charge on any atom is 0.322 e. The minimum absolute atomic E-state index is 0.121. The van der Waals surface area contributed by atoms with Crippen molar-refractivity contribution in [1.82, 2.24) is 15.1 Å². The first-order valence-electron chi connectivity index (χ1n) is 8.84. The van der Waals surface area contributed by atoms with Crippen LogP contribution in [-0.4, -0.2) is 33.6 Å². The molecule has 28 heavy (non-hydrogen) atoms. The largest absolute Gasteiger partial charge is 0.484 e. The van der Waals surface area contributed by atoms with Crippen LogP contribution in [0.5, 0.6) is 5.75 Å². The van der Waals surface area contributed by atoms with Gasteiger partial charge in [-0.1, -0.05) is 36.4 Å². The monoisotopic (exact) mass is 377 g/mol. The molecular weight excluding hydrogens is 358 g/mol. The number of rotatable bonds is 5. The van der Waals surface area contributed by atoms with E-state index in [9.17, 15) is 9.59 Å². The van der Waals surface area contributed by atoms with Gasteiger partial charge in [0.05, 0.1) is 18.8 Å². The normalized spacial score (nSPS) is 12.4. The van der Waals surface area contributed by atoms with E-state index in [2.05, 4.69) is 20.8 Å². The van der Waals surface area contributed by atoms with Gasteiger partial charge in [-0.15, -0.1) is 0 Å². The van der Waals surface area contributed by atoms with Crippen molar-refractivity contribution in [3.05, 3.63) is 71.9 Å². The van der Waals surface area contributed by atoms with Crippen molar-refractivity contribution >= 4 is 23.4 Å². The van der Waals surface area contributed by atoms with Gasteiger partial charge in [0.15, 0.2) is 12.4 Å². The minimum Gasteiger partial charge on any atom is -0.484 e. The zero-order chi connectivity index (χ0) is 19.3. The number of anilines is 2. The fourth-order valence-electron chi connectivity index (χ4n) is 2.94. The molecule has 2 aromatic carbocycles. The van der Waals surface area contributed by atoms with E-state index in [1.165, 1.54) is 0 Å². The summed E-state index contributed by atoms with van der Waals surface area (Å²) in [7, 11) is 0. The van der Waals surface area contributed by atoms with Gasteiger partial charge < -0.3 is 20.3 Å². The molecule has 3 N–H and O–H groups in total. The van der Waals surface area contributed by atoms with Crippen LogP contribution >= 0.6 is 0 Å². The van der Waals surface area contributed by atoms with Crippen LogP contribution < -0.4 is 15.4 Å². The summed E-state index contributed by atoms with van der Waals surface area (Å²) >= 11 is 0. The molecule has 0 bridgehead atoms. The SMILES string of the molecule is O=C(COc1ccccc1)Nc1n[nH]c2c1CN(C(=O)Nc1ccccc1)C2. The van der Waals surface area contributed by atoms with Gasteiger partial charge in [0.2, 0.25) is 0 Å². The Morgan fingerprint density at radius 1 is 1.00 bits per heavy atom. The second-order valence-electron chi connectivity index (χ2n) is 6.33. The molecule has 0 radical (unpaired) electrons. The van der Waals surface area contributed by atoms with E-state index in [-0.39, 0.29) is 18.5 Å². The molecule has 0 fully saturated rings. The second kappa shape index (κ2) is 7.83. The van der Waals surface area contributed by atoms with Gasteiger partial charge in [-0.2, -0.15) is 5.10 Å². The summed E-state index contributed by atoms with van der Waals surface area (Å²) in [4.78, 5) is 26.2. The van der Waals surface area contributed by atoms with E-state index in [0.29, 0.717) is 24.7 Å². The number of hydrogen-bond acceptors (Lipinski definition) is 4. The third kappa shape index (κ3) is 3.96. The second-order valence-corrected chi connectivity index (χ2v) is 6.33. The van der Waals surface area contributed by atoms with Crippen molar-refractivity contribution in [1.29, 1.82) is 0 Å². The fourth-order valence-corrected chi connectivity index (χ4v) is 2.94. The highest BCUT2D eigenvalue weighted by molar-refractivity contribution is 5.93. The summed E-state index contributed by atoms with van der Waals surface area (Å²) in [5, 5.41) is 12.6. The lowest BCUT2D eigenvalue weighted by atomic mass is 10.3. The van der Waals surface area contributed by atoms with E-state index < -0.39 is 0 Å². The number of nitrogens with one attached hydrogen (secondary N) is 3. The molecular formula is C20H19N5O3. The summed E-state index contributed by atoms with van der Waals surface area (Å²) in [5.74, 6) is 0.727. The fraction of sp³-hybridized carbons (Fsp3) is 0.150. The van der Waals surface area contributed by atoms with Crippen LogP contribution in [0, 0.1) is 0 Å². The number of amides is 3. The highest BCUT2D eigenvalue weighted by Gasteiger charge is 2.29. The molecule has 1 aliphatic rings. The molecule has 0 spiro atoms. The molecule has 1 aliphatic heterocycles. The van der Waals surface area contributed by atoms with Gasteiger partial charge in [-0.25, -0.2) is 4.79 Å². The number of aromatic amines is 1. The summed E-state index contributed by atoms with van der Waals surface area (Å²) in [6, 6.07) is 18.2. The van der Waals surface area contributed by atoms with E-state index >= 15 is 0 Å². The van der Waals surface area contributed by atoms with Gasteiger partial charge in [-0.05, 0) is 24.3 Å². The molecule has 1 aromatic heterocycles. The lowest BCUT2D eigenvalue weighted by Gasteiger charge is -2.16. The van der Waals surface area contributed by atoms with Crippen molar-refractivity contribution in [3.8, 4) is 5.75 Å². The predicted octanol–water partition coefficient (Wildman–Crippen LogP) is 2.97. The number of urea groups is 1. The van der Waals surface area contributed by atoms with Gasteiger partial charge in [0.1, 0.15) is 5.75 Å². The third-order valence-corrected chi connectivity index (χ3v) is 4.33. The number of benzene rings is 2. The number of hydrogen-bond donors (Lipinski definition) is 3. The average Bonchev–Trinajstić information content (AvgIpc) is 3.30. The van der Waals surface area contributed by atoms with Gasteiger partial charge in [0, 0.05) is 11.3 Å². The molecule has 0 saturated carbocycles. The van der Waals surface area contributed by atoms with Crippen LogP contribution in [0.2, 0.25) is 0 Å². The van der Waals surface area contributed by atoms with Crippen molar-refractivity contribution in [2.24, 2.45) is 0 Å². The van der Waals surface area contributed by atoms with Crippen molar-refractivity contribution < 1.29 is 14.3 Å². The van der Waals surface area contributed by atoms with Crippen LogP contribution in [-0.2, 0) is 17.9 Å². The Morgan fingerprint density at radius 3 is 2.46 bits per heavy atom. The number of ether oxygens (including phenoxy) is 1. The molecule has 0 atom stereocenters. The highest BCUT2D eigenvalue weighted by atomic mass is 16.5. The summed E-state index contributed by atoms with van der Waals surface area (Å²) in [6.45, 7) is 0.640. The van der Waals surface area contributed by atoms with Crippen molar-refractivity contribution in [2.75, 3.05) is 17.2 Å². The number of fused-ring (bicyclic) bond motifs is 1. The number of para-hydroxylation sites is 2. The Balaban J connectivity index is 1.33. The lowest BCUT2D eigenvalue weighted by Crippen LogP contribution is -2.30. The molecule has 0 saturated heterocycles. The molecule has 4 rings (SSSR count). The van der Waals surface area contributed by atoms with Crippen LogP contribution in [0.15, 0.2) is 60.7 Å². The number of aromatic nitrogens is 2. The Bertz CT molecular complexity index is 972. The molecule has 3 aromatic rings. The standard InChI is InChI=1S/C20H19N5O3/c26-18(13-28-15-9-5-2-6-10-15)22-19-16-11-25(12-17(16)23-24-19)20(27)21-14-7-3-1-4-8-14/h1-10H,11-13H2,(H,21,27)(H2,22,23,24,26). The van der Waals surface area contributed by atoms with E-state index in [1.807, 2.05) is 48.5 Å². The Hall–Kier alpha value is -3.81. The van der Waals surface area contributed by atoms with E-state index in [1.54, 1.807) is 17.0 Å². The van der Waals surface area contributed by atoms with Gasteiger partial charge in [0.25, 0.3) is 5.91 Å². The van der Waals surface area contributed by atoms with E-state index in [4.69, 9.17) is 4.74 Å². The predicted molar refractivity (Wildman–Crippen MR) is 104 cm³/mol. The Morgan fingerprint density at radius 2 is 1.71 bits per heavy atom. The number of H-pyrrole nitrogens is 1. The number of carbonyl (C=O) groups is 2. The maximum atomic E-state index is 12.4. The lowest BCUT2D eigenvalue weighted by molar-refractivity contribution is -0.118. The topological polar surface area (TPSA) is 99.3 Å². The van der Waals surface area contributed by atoms with Crippen molar-refractivity contribution in [3.63, 3.8) is 0 Å². The molecule has 2 heterocycles. The molecule has 3 amide bonds. The third-order valence-electron chi connectivity index (χ3n) is 4.33. The number of nitrogens with zero attached hydrogens (tertiary/aromatic N) is 2. The molecule has 0 aliphatic carbocycles. The van der Waals surface area contributed by atoms with Crippen LogP contribution in [0.4, 0.5) is 16.3 Å². The number of carbonyl (C=O) groups excluding carboxylic acids is 2. The van der Waals surface area contributed by atoms with Gasteiger partial charge >= 0.3 is 6.03 Å². The molecule has 142 valence electrons. The summed E-state index contributed by atoms with van der Waals surface area (Å²) in [6.07, 6.45) is 0. The molecule has 8 heteroatoms. The van der Waals surface area contributed by atoms with Crippen molar-refractivity contribution in [2.45, 2.75) is 13.1 Å². The minimum atomic E-state index is -0.314. The summed E-state index contributed by atoms with van der Waals surface area (Å²) in [5.41, 5.74) is 2.34. The smallest absolute Gasteiger partial charge is 0.322 e. The highest BCUT2D eigenvalue weighted by Crippen LogP contribution is 2.27. The first kappa shape index (κ1) is 17.6. The van der Waals surface area contributed by atoms with Crippen LogP contribution in [0.1, 0.15) is 11.3 Å². The molecule has 0 unspecified atom stereocenters. The Kier molecular flexibility index (Phi) is 4.92. The quantitative estimate of drug-likeness (QED) is 0.636.